The standard InChI is InChI=1S/C26H27N5O3/c1-17-10-12-18(13-11-17)31-26(34)24-22(19-7-3-4-8-20(19)29(24)2)23(28-31)25(33)27-14-6-16-30-15-5-9-21(30)32/h3-4,7-8,10-13H,5-6,9,14-16H2,1-2H3,(H,27,33). The van der Waals surface area contributed by atoms with Gasteiger partial charge in [-0.05, 0) is 38.0 Å². The van der Waals surface area contributed by atoms with E-state index < -0.39 is 0 Å². The topological polar surface area (TPSA) is 89.2 Å². The number of benzene rings is 2. The number of aryl methyl sites for hydroxylation is 2. The molecule has 0 unspecified atom stereocenters. The number of fused-ring (bicyclic) bond motifs is 3. The number of aromatic nitrogens is 3. The van der Waals surface area contributed by atoms with E-state index in [1.54, 1.807) is 0 Å². The summed E-state index contributed by atoms with van der Waals surface area (Å²) >= 11 is 0. The lowest BCUT2D eigenvalue weighted by Gasteiger charge is -2.15. The third-order valence-electron chi connectivity index (χ3n) is 6.49. The molecule has 2 aromatic carbocycles. The molecular weight excluding hydrogens is 430 g/mol. The molecule has 0 atom stereocenters. The van der Waals surface area contributed by atoms with Crippen LogP contribution in [0.3, 0.4) is 0 Å². The van der Waals surface area contributed by atoms with Gasteiger partial charge in [-0.1, -0.05) is 35.9 Å². The number of rotatable bonds is 6. The van der Waals surface area contributed by atoms with Gasteiger partial charge in [0.05, 0.1) is 5.69 Å². The Kier molecular flexibility index (Phi) is 5.65. The van der Waals surface area contributed by atoms with Crippen LogP contribution in [0.15, 0.2) is 53.3 Å². The minimum absolute atomic E-state index is 0.177. The Labute approximate surface area is 196 Å². The number of carbonyl (C=O) groups excluding carboxylic acids is 2. The van der Waals surface area contributed by atoms with Crippen molar-refractivity contribution in [1.29, 1.82) is 0 Å². The van der Waals surface area contributed by atoms with E-state index in [1.807, 2.05) is 72.0 Å². The van der Waals surface area contributed by atoms with Crippen molar-refractivity contribution in [2.45, 2.75) is 26.2 Å². The Morgan fingerprint density at radius 1 is 1.09 bits per heavy atom. The summed E-state index contributed by atoms with van der Waals surface area (Å²) in [5.41, 5.74) is 2.90. The molecule has 1 aliphatic rings. The van der Waals surface area contributed by atoms with Crippen molar-refractivity contribution in [2.24, 2.45) is 7.05 Å². The molecule has 2 amide bonds. The Morgan fingerprint density at radius 2 is 1.85 bits per heavy atom. The number of hydrogen-bond donors (Lipinski definition) is 1. The highest BCUT2D eigenvalue weighted by molar-refractivity contribution is 6.16. The van der Waals surface area contributed by atoms with Crippen molar-refractivity contribution in [1.82, 2.24) is 24.6 Å². The Morgan fingerprint density at radius 3 is 2.59 bits per heavy atom. The highest BCUT2D eigenvalue weighted by Crippen LogP contribution is 2.28. The zero-order valence-corrected chi connectivity index (χ0v) is 19.4. The van der Waals surface area contributed by atoms with Gasteiger partial charge in [0.15, 0.2) is 5.69 Å². The van der Waals surface area contributed by atoms with Crippen molar-refractivity contribution in [3.05, 3.63) is 70.1 Å². The van der Waals surface area contributed by atoms with Gasteiger partial charge in [0, 0.05) is 49.4 Å². The molecule has 8 nitrogen and oxygen atoms in total. The quantitative estimate of drug-likeness (QED) is 0.451. The van der Waals surface area contributed by atoms with Crippen LogP contribution in [0.4, 0.5) is 0 Å². The summed E-state index contributed by atoms with van der Waals surface area (Å²) in [4.78, 5) is 40.5. The van der Waals surface area contributed by atoms with E-state index in [4.69, 9.17) is 0 Å². The van der Waals surface area contributed by atoms with Gasteiger partial charge in [0.25, 0.3) is 11.5 Å². The molecule has 1 aliphatic heterocycles. The molecule has 1 fully saturated rings. The van der Waals surface area contributed by atoms with E-state index >= 15 is 0 Å². The molecule has 0 saturated carbocycles. The summed E-state index contributed by atoms with van der Waals surface area (Å²) in [5.74, 6) is -0.161. The van der Waals surface area contributed by atoms with Crippen LogP contribution < -0.4 is 10.9 Å². The molecule has 2 aromatic heterocycles. The normalized spacial score (nSPS) is 13.8. The molecule has 1 N–H and O–H groups in total. The molecule has 3 heterocycles. The monoisotopic (exact) mass is 457 g/mol. The van der Waals surface area contributed by atoms with Gasteiger partial charge < -0.3 is 14.8 Å². The van der Waals surface area contributed by atoms with Crippen LogP contribution in [0, 0.1) is 6.92 Å². The smallest absolute Gasteiger partial charge is 0.296 e. The summed E-state index contributed by atoms with van der Waals surface area (Å²) in [6.07, 6.45) is 2.17. The van der Waals surface area contributed by atoms with E-state index in [0.717, 1.165) is 29.4 Å². The number of hydrogen-bond acceptors (Lipinski definition) is 4. The van der Waals surface area contributed by atoms with E-state index in [0.29, 0.717) is 42.5 Å². The first-order chi connectivity index (χ1) is 16.5. The van der Waals surface area contributed by atoms with Crippen LogP contribution in [0.25, 0.3) is 27.5 Å². The lowest BCUT2D eigenvalue weighted by molar-refractivity contribution is -0.127. The number of amides is 2. The predicted octanol–water partition coefficient (Wildman–Crippen LogP) is 2.93. The molecule has 8 heteroatoms. The molecule has 1 saturated heterocycles. The van der Waals surface area contributed by atoms with E-state index in [1.165, 1.54) is 4.68 Å². The fourth-order valence-electron chi connectivity index (χ4n) is 4.69. The molecule has 0 spiro atoms. The molecule has 174 valence electrons. The molecule has 0 radical (unpaired) electrons. The second-order valence-corrected chi connectivity index (χ2v) is 8.79. The van der Waals surface area contributed by atoms with Crippen LogP contribution >= 0.6 is 0 Å². The molecule has 34 heavy (non-hydrogen) atoms. The van der Waals surface area contributed by atoms with E-state index in [9.17, 15) is 14.4 Å². The van der Waals surface area contributed by atoms with Gasteiger partial charge in [0.1, 0.15) is 5.52 Å². The van der Waals surface area contributed by atoms with E-state index in [-0.39, 0.29) is 23.1 Å². The second-order valence-electron chi connectivity index (χ2n) is 8.79. The Bertz CT molecular complexity index is 1470. The second kappa shape index (κ2) is 8.78. The minimum Gasteiger partial charge on any atom is -0.351 e. The predicted molar refractivity (Wildman–Crippen MR) is 131 cm³/mol. The van der Waals surface area contributed by atoms with Gasteiger partial charge in [0.2, 0.25) is 5.91 Å². The maximum Gasteiger partial charge on any atom is 0.296 e. The van der Waals surface area contributed by atoms with Crippen molar-refractivity contribution < 1.29 is 9.59 Å². The first-order valence-corrected chi connectivity index (χ1v) is 11.6. The average Bonchev–Trinajstić information content (AvgIpc) is 3.39. The minimum atomic E-state index is -0.338. The number of para-hydroxylation sites is 1. The van der Waals surface area contributed by atoms with Crippen LogP contribution in [-0.2, 0) is 11.8 Å². The third-order valence-corrected chi connectivity index (χ3v) is 6.49. The maximum atomic E-state index is 13.5. The molecule has 5 rings (SSSR count). The summed E-state index contributed by atoms with van der Waals surface area (Å²) in [5, 5.41) is 8.86. The number of carbonyl (C=O) groups is 2. The van der Waals surface area contributed by atoms with Crippen molar-refractivity contribution in [3.63, 3.8) is 0 Å². The van der Waals surface area contributed by atoms with Crippen LogP contribution in [-0.4, -0.2) is 50.7 Å². The molecule has 4 aromatic rings. The third kappa shape index (κ3) is 3.75. The van der Waals surface area contributed by atoms with Gasteiger partial charge in [-0.2, -0.15) is 9.78 Å². The lowest BCUT2D eigenvalue weighted by Crippen LogP contribution is -2.33. The fraction of sp³-hybridized carbons (Fsp3) is 0.308. The number of nitrogens with zero attached hydrogens (tertiary/aromatic N) is 4. The Hall–Kier alpha value is -3.94. The van der Waals surface area contributed by atoms with E-state index in [2.05, 4.69) is 10.4 Å². The van der Waals surface area contributed by atoms with Crippen molar-refractivity contribution >= 4 is 33.6 Å². The lowest BCUT2D eigenvalue weighted by atomic mass is 10.1. The Balaban J connectivity index is 1.55. The summed E-state index contributed by atoms with van der Waals surface area (Å²) < 4.78 is 3.13. The van der Waals surface area contributed by atoms with Crippen LogP contribution in [0.1, 0.15) is 35.3 Å². The van der Waals surface area contributed by atoms with Gasteiger partial charge in [-0.15, -0.1) is 0 Å². The van der Waals surface area contributed by atoms with Gasteiger partial charge in [-0.3, -0.25) is 14.4 Å². The zero-order valence-electron chi connectivity index (χ0n) is 19.4. The van der Waals surface area contributed by atoms with Crippen molar-refractivity contribution in [2.75, 3.05) is 19.6 Å². The summed E-state index contributed by atoms with van der Waals surface area (Å²) in [7, 11) is 1.83. The number of nitrogens with one attached hydrogen (secondary N) is 1. The van der Waals surface area contributed by atoms with Gasteiger partial charge in [-0.25, -0.2) is 0 Å². The summed E-state index contributed by atoms with van der Waals surface area (Å²) in [6, 6.07) is 15.1. The average molecular weight is 458 g/mol. The molecular formula is C26H27N5O3. The molecule has 0 aliphatic carbocycles. The highest BCUT2D eigenvalue weighted by atomic mass is 16.2. The molecule has 0 bridgehead atoms. The summed E-state index contributed by atoms with van der Waals surface area (Å²) in [6.45, 7) is 3.80. The van der Waals surface area contributed by atoms with Crippen LogP contribution in [0.2, 0.25) is 0 Å². The fourth-order valence-corrected chi connectivity index (χ4v) is 4.69. The zero-order chi connectivity index (χ0) is 23.8. The maximum absolute atomic E-state index is 13.5. The SMILES string of the molecule is Cc1ccc(-n2nc(C(=O)NCCCN3CCCC3=O)c3c4ccccc4n(C)c3c2=O)cc1. The number of likely N-dealkylation sites (tertiary alicyclic amines) is 1. The van der Waals surface area contributed by atoms with Crippen LogP contribution in [0.5, 0.6) is 0 Å². The first kappa shape index (κ1) is 21.9. The van der Waals surface area contributed by atoms with Crippen molar-refractivity contribution in [3.8, 4) is 5.69 Å². The highest BCUT2D eigenvalue weighted by Gasteiger charge is 2.24. The first-order valence-electron chi connectivity index (χ1n) is 11.6. The van der Waals surface area contributed by atoms with Gasteiger partial charge >= 0.3 is 0 Å². The largest absolute Gasteiger partial charge is 0.351 e.